The van der Waals surface area contributed by atoms with E-state index in [0.717, 1.165) is 17.2 Å². The van der Waals surface area contributed by atoms with Crippen molar-refractivity contribution in [3.63, 3.8) is 0 Å². The number of carbonyl (C=O) groups excluding carboxylic acids is 1. The minimum absolute atomic E-state index is 0.0422. The second-order valence-corrected chi connectivity index (χ2v) is 8.34. The van der Waals surface area contributed by atoms with Gasteiger partial charge < -0.3 is 10.4 Å². The molecule has 1 saturated heterocycles. The lowest BCUT2D eigenvalue weighted by molar-refractivity contribution is -0.148. The number of aliphatic carboxylic acids is 1. The molecule has 1 aliphatic heterocycles. The monoisotopic (exact) mass is 325 g/mol. The maximum Gasteiger partial charge on any atom is 0.309 e. The lowest BCUT2D eigenvalue weighted by atomic mass is 9.89. The van der Waals surface area contributed by atoms with Crippen molar-refractivity contribution < 1.29 is 14.7 Å². The van der Waals surface area contributed by atoms with Gasteiger partial charge in [-0.1, -0.05) is 12.1 Å². The molecule has 4 nitrogen and oxygen atoms in total. The quantitative estimate of drug-likeness (QED) is 0.866. The number of carboxylic acids is 1. The van der Waals surface area contributed by atoms with Crippen molar-refractivity contribution in [2.75, 3.05) is 16.8 Å². The Morgan fingerprint density at radius 3 is 2.62 bits per heavy atom. The maximum atomic E-state index is 12.0. The number of carbonyl (C=O) groups is 2. The Balaban J connectivity index is 2.01. The largest absolute Gasteiger partial charge is 0.481 e. The van der Waals surface area contributed by atoms with Crippen LogP contribution < -0.4 is 5.32 Å². The Kier molecular flexibility index (Phi) is 5.22. The first-order valence-corrected chi connectivity index (χ1v) is 8.85. The molecule has 21 heavy (non-hydrogen) atoms. The second-order valence-electron chi connectivity index (χ2n) is 5.61. The lowest BCUT2D eigenvalue weighted by Crippen LogP contribution is -2.29. The number of amides is 1. The van der Waals surface area contributed by atoms with Crippen LogP contribution in [0.2, 0.25) is 0 Å². The van der Waals surface area contributed by atoms with Crippen LogP contribution in [0.4, 0.5) is 5.69 Å². The fraction of sp³-hybridized carbons (Fsp3) is 0.467. The minimum atomic E-state index is -1.06. The van der Waals surface area contributed by atoms with E-state index in [1.54, 1.807) is 13.8 Å². The van der Waals surface area contributed by atoms with E-state index in [0.29, 0.717) is 4.58 Å². The van der Waals surface area contributed by atoms with Crippen LogP contribution >= 0.6 is 23.5 Å². The molecule has 0 aliphatic carbocycles. The molecule has 0 radical (unpaired) electrons. The van der Waals surface area contributed by atoms with E-state index >= 15 is 0 Å². The van der Waals surface area contributed by atoms with Gasteiger partial charge in [0.2, 0.25) is 5.91 Å². The molecule has 1 amide bonds. The zero-order chi connectivity index (χ0) is 15.5. The van der Waals surface area contributed by atoms with E-state index in [-0.39, 0.29) is 12.3 Å². The van der Waals surface area contributed by atoms with E-state index in [1.165, 1.54) is 5.56 Å². The molecule has 1 aromatic rings. The van der Waals surface area contributed by atoms with E-state index in [9.17, 15) is 9.59 Å². The first-order valence-electron chi connectivity index (χ1n) is 6.75. The SMILES string of the molecule is CC(C)(CC(=O)Nc1cccc(C2SCCS2)c1)C(=O)O. The average Bonchev–Trinajstić information content (AvgIpc) is 2.91. The van der Waals surface area contributed by atoms with E-state index < -0.39 is 11.4 Å². The predicted octanol–water partition coefficient (Wildman–Crippen LogP) is 3.60. The summed E-state index contributed by atoms with van der Waals surface area (Å²) in [5.41, 5.74) is 0.864. The molecule has 1 aromatic carbocycles. The van der Waals surface area contributed by atoms with Gasteiger partial charge in [-0.2, -0.15) is 0 Å². The third kappa shape index (κ3) is 4.41. The maximum absolute atomic E-state index is 12.0. The van der Waals surface area contributed by atoms with Crippen molar-refractivity contribution in [3.8, 4) is 0 Å². The summed E-state index contributed by atoms with van der Waals surface area (Å²) < 4.78 is 0.428. The van der Waals surface area contributed by atoms with Gasteiger partial charge in [-0.05, 0) is 31.5 Å². The van der Waals surface area contributed by atoms with Crippen LogP contribution in [0.15, 0.2) is 24.3 Å². The van der Waals surface area contributed by atoms with Crippen molar-refractivity contribution in [3.05, 3.63) is 29.8 Å². The standard InChI is InChI=1S/C15H19NO3S2/c1-15(2,14(18)19)9-12(17)16-11-5-3-4-10(8-11)13-20-6-7-21-13/h3-5,8,13H,6-7,9H2,1-2H3,(H,16,17)(H,18,19). The average molecular weight is 325 g/mol. The zero-order valence-corrected chi connectivity index (χ0v) is 13.7. The molecule has 1 heterocycles. The molecule has 0 spiro atoms. The van der Waals surface area contributed by atoms with Crippen molar-refractivity contribution in [1.29, 1.82) is 0 Å². The van der Waals surface area contributed by atoms with Gasteiger partial charge in [0.1, 0.15) is 0 Å². The van der Waals surface area contributed by atoms with Gasteiger partial charge in [-0.25, -0.2) is 0 Å². The van der Waals surface area contributed by atoms with Crippen LogP contribution in [0, 0.1) is 5.41 Å². The Morgan fingerprint density at radius 2 is 2.00 bits per heavy atom. The van der Waals surface area contributed by atoms with Gasteiger partial charge in [-0.3, -0.25) is 9.59 Å². The van der Waals surface area contributed by atoms with Gasteiger partial charge in [0.05, 0.1) is 10.00 Å². The molecule has 114 valence electrons. The summed E-state index contributed by atoms with van der Waals surface area (Å²) in [5.74, 6) is 1.06. The van der Waals surface area contributed by atoms with Crippen molar-refractivity contribution in [2.45, 2.75) is 24.9 Å². The number of rotatable bonds is 5. The van der Waals surface area contributed by atoms with Crippen LogP contribution in [0.3, 0.4) is 0 Å². The van der Waals surface area contributed by atoms with Crippen LogP contribution in [0.1, 0.15) is 30.4 Å². The molecular weight excluding hydrogens is 306 g/mol. The third-order valence-electron chi connectivity index (χ3n) is 3.25. The Hall–Kier alpha value is -1.14. The normalized spacial score (nSPS) is 15.9. The van der Waals surface area contributed by atoms with E-state index in [4.69, 9.17) is 5.11 Å². The van der Waals surface area contributed by atoms with E-state index in [1.807, 2.05) is 41.7 Å². The molecule has 2 rings (SSSR count). The highest BCUT2D eigenvalue weighted by atomic mass is 32.2. The summed E-state index contributed by atoms with van der Waals surface area (Å²) in [7, 11) is 0. The second kappa shape index (κ2) is 6.75. The van der Waals surface area contributed by atoms with Gasteiger partial charge in [0.15, 0.2) is 0 Å². The molecule has 0 aromatic heterocycles. The molecule has 1 fully saturated rings. The topological polar surface area (TPSA) is 66.4 Å². The minimum Gasteiger partial charge on any atom is -0.481 e. The van der Waals surface area contributed by atoms with Crippen molar-refractivity contribution in [1.82, 2.24) is 0 Å². The smallest absolute Gasteiger partial charge is 0.309 e. The number of anilines is 1. The summed E-state index contributed by atoms with van der Waals surface area (Å²) >= 11 is 3.82. The first-order chi connectivity index (χ1) is 9.88. The number of nitrogens with one attached hydrogen (secondary N) is 1. The highest BCUT2D eigenvalue weighted by Crippen LogP contribution is 2.45. The molecule has 0 atom stereocenters. The number of thioether (sulfide) groups is 2. The summed E-state index contributed by atoms with van der Waals surface area (Å²) in [4.78, 5) is 23.0. The molecule has 0 unspecified atom stereocenters. The molecule has 1 aliphatic rings. The predicted molar refractivity (Wildman–Crippen MR) is 88.8 cm³/mol. The number of benzene rings is 1. The third-order valence-corrected chi connectivity index (χ3v) is 6.35. The van der Waals surface area contributed by atoms with Crippen LogP contribution in [-0.2, 0) is 9.59 Å². The van der Waals surface area contributed by atoms with Crippen molar-refractivity contribution >= 4 is 41.1 Å². The summed E-state index contributed by atoms with van der Waals surface area (Å²) in [6.07, 6.45) is -0.0422. The molecular formula is C15H19NO3S2. The number of carboxylic acid groups (broad SMARTS) is 1. The fourth-order valence-electron chi connectivity index (χ4n) is 2.00. The lowest BCUT2D eigenvalue weighted by Gasteiger charge is -2.18. The molecule has 0 bridgehead atoms. The van der Waals surface area contributed by atoms with Crippen LogP contribution in [-0.4, -0.2) is 28.5 Å². The van der Waals surface area contributed by atoms with Crippen molar-refractivity contribution in [2.24, 2.45) is 5.41 Å². The Bertz CT molecular complexity index is 539. The first kappa shape index (κ1) is 16.2. The highest BCUT2D eigenvalue weighted by molar-refractivity contribution is 8.19. The van der Waals surface area contributed by atoms with Gasteiger partial charge in [-0.15, -0.1) is 23.5 Å². The van der Waals surface area contributed by atoms with Gasteiger partial charge >= 0.3 is 5.97 Å². The van der Waals surface area contributed by atoms with Crippen LogP contribution in [0.25, 0.3) is 0 Å². The fourth-order valence-corrected chi connectivity index (χ4v) is 4.83. The molecule has 2 N–H and O–H groups in total. The number of hydrogen-bond donors (Lipinski definition) is 2. The zero-order valence-electron chi connectivity index (χ0n) is 12.1. The molecule has 0 saturated carbocycles. The van der Waals surface area contributed by atoms with E-state index in [2.05, 4.69) is 11.4 Å². The Morgan fingerprint density at radius 1 is 1.33 bits per heavy atom. The summed E-state index contributed by atoms with van der Waals surface area (Å²) in [5, 5.41) is 11.9. The summed E-state index contributed by atoms with van der Waals surface area (Å²) in [6, 6.07) is 7.79. The molecule has 6 heteroatoms. The van der Waals surface area contributed by atoms with Gasteiger partial charge in [0.25, 0.3) is 0 Å². The highest BCUT2D eigenvalue weighted by Gasteiger charge is 2.30. The van der Waals surface area contributed by atoms with Crippen LogP contribution in [0.5, 0.6) is 0 Å². The van der Waals surface area contributed by atoms with Gasteiger partial charge in [0, 0.05) is 23.6 Å². The Labute approximate surface area is 133 Å². The summed E-state index contributed by atoms with van der Waals surface area (Å²) in [6.45, 7) is 3.11. The number of hydrogen-bond acceptors (Lipinski definition) is 4.